The summed E-state index contributed by atoms with van der Waals surface area (Å²) >= 11 is 0. The van der Waals surface area contributed by atoms with E-state index >= 15 is 0 Å². The first-order valence-electron chi connectivity index (χ1n) is 6.04. The van der Waals surface area contributed by atoms with Gasteiger partial charge < -0.3 is 10.4 Å². The summed E-state index contributed by atoms with van der Waals surface area (Å²) in [5.41, 5.74) is 1.83. The molecule has 2 unspecified atom stereocenters. The van der Waals surface area contributed by atoms with Crippen molar-refractivity contribution in [1.29, 1.82) is 0 Å². The number of hydrogen-bond donors (Lipinski definition) is 3. The van der Waals surface area contributed by atoms with Crippen LogP contribution in [0.15, 0.2) is 0 Å². The molecule has 1 aliphatic rings. The highest BCUT2D eigenvalue weighted by Crippen LogP contribution is 2.32. The molecule has 6 heteroatoms. The minimum atomic E-state index is -0.808. The molecule has 0 aromatic carbocycles. The van der Waals surface area contributed by atoms with Crippen molar-refractivity contribution in [2.45, 2.75) is 33.1 Å². The Kier molecular flexibility index (Phi) is 3.36. The van der Waals surface area contributed by atoms with Gasteiger partial charge in [-0.2, -0.15) is 5.10 Å². The fourth-order valence-electron chi connectivity index (χ4n) is 2.27. The molecule has 0 radical (unpaired) electrons. The standard InChI is InChI=1S/C12H17N3O3/c1-6-7(2)14-15-10(6)13-11(16)8-3-4-9(5-8)12(17)18/h8-9H,3-5H2,1-2H3,(H,17,18)(H2,13,14,15,16). The Labute approximate surface area is 105 Å². The Morgan fingerprint density at radius 2 is 2.00 bits per heavy atom. The molecular formula is C12H17N3O3. The minimum Gasteiger partial charge on any atom is -0.481 e. The van der Waals surface area contributed by atoms with Gasteiger partial charge in [0.25, 0.3) is 0 Å². The van der Waals surface area contributed by atoms with E-state index in [9.17, 15) is 9.59 Å². The lowest BCUT2D eigenvalue weighted by molar-refractivity contribution is -0.141. The number of carbonyl (C=O) groups is 2. The highest BCUT2D eigenvalue weighted by atomic mass is 16.4. The number of carboxylic acids is 1. The van der Waals surface area contributed by atoms with Crippen LogP contribution in [0.3, 0.4) is 0 Å². The Morgan fingerprint density at radius 1 is 1.33 bits per heavy atom. The van der Waals surface area contributed by atoms with E-state index in [1.54, 1.807) is 0 Å². The zero-order valence-electron chi connectivity index (χ0n) is 10.5. The van der Waals surface area contributed by atoms with Gasteiger partial charge in [-0.3, -0.25) is 14.7 Å². The smallest absolute Gasteiger partial charge is 0.306 e. The zero-order chi connectivity index (χ0) is 13.3. The molecule has 3 N–H and O–H groups in total. The molecule has 1 saturated carbocycles. The summed E-state index contributed by atoms with van der Waals surface area (Å²) in [5, 5.41) is 18.5. The van der Waals surface area contributed by atoms with Crippen LogP contribution in [0.1, 0.15) is 30.5 Å². The number of H-pyrrole nitrogens is 1. The second-order valence-corrected chi connectivity index (χ2v) is 4.86. The third kappa shape index (κ3) is 2.37. The number of amides is 1. The van der Waals surface area contributed by atoms with Crippen LogP contribution < -0.4 is 5.32 Å². The monoisotopic (exact) mass is 251 g/mol. The van der Waals surface area contributed by atoms with Crippen LogP contribution in [0.5, 0.6) is 0 Å². The summed E-state index contributed by atoms with van der Waals surface area (Å²) in [5.74, 6) is -1.01. The number of anilines is 1. The molecule has 0 aliphatic heterocycles. The largest absolute Gasteiger partial charge is 0.481 e. The molecule has 18 heavy (non-hydrogen) atoms. The molecule has 0 bridgehead atoms. The molecular weight excluding hydrogens is 234 g/mol. The van der Waals surface area contributed by atoms with Crippen molar-refractivity contribution in [2.75, 3.05) is 5.32 Å². The van der Waals surface area contributed by atoms with Crippen LogP contribution in [0.2, 0.25) is 0 Å². The molecule has 1 amide bonds. The average Bonchev–Trinajstić information content (AvgIpc) is 2.91. The van der Waals surface area contributed by atoms with E-state index in [0.29, 0.717) is 25.1 Å². The van der Waals surface area contributed by atoms with Gasteiger partial charge in [-0.15, -0.1) is 0 Å². The number of hydrogen-bond acceptors (Lipinski definition) is 3. The Morgan fingerprint density at radius 3 is 2.50 bits per heavy atom. The van der Waals surface area contributed by atoms with Crippen molar-refractivity contribution in [1.82, 2.24) is 10.2 Å². The quantitative estimate of drug-likeness (QED) is 0.758. The van der Waals surface area contributed by atoms with E-state index in [1.165, 1.54) is 0 Å². The van der Waals surface area contributed by atoms with E-state index in [4.69, 9.17) is 5.11 Å². The van der Waals surface area contributed by atoms with Crippen molar-refractivity contribution in [3.8, 4) is 0 Å². The zero-order valence-corrected chi connectivity index (χ0v) is 10.5. The molecule has 2 rings (SSSR count). The minimum absolute atomic E-state index is 0.131. The lowest BCUT2D eigenvalue weighted by atomic mass is 10.0. The van der Waals surface area contributed by atoms with Crippen LogP contribution in [0, 0.1) is 25.7 Å². The van der Waals surface area contributed by atoms with Crippen LogP contribution in [-0.4, -0.2) is 27.2 Å². The van der Waals surface area contributed by atoms with Crippen molar-refractivity contribution in [3.63, 3.8) is 0 Å². The van der Waals surface area contributed by atoms with Gasteiger partial charge in [-0.05, 0) is 33.1 Å². The maximum atomic E-state index is 12.0. The Balaban J connectivity index is 1.97. The molecule has 1 heterocycles. The van der Waals surface area contributed by atoms with Crippen molar-refractivity contribution in [3.05, 3.63) is 11.3 Å². The highest BCUT2D eigenvalue weighted by Gasteiger charge is 2.34. The number of aromatic nitrogens is 2. The number of carbonyl (C=O) groups excluding carboxylic acids is 1. The van der Waals surface area contributed by atoms with E-state index < -0.39 is 5.97 Å². The molecule has 0 saturated heterocycles. The maximum Gasteiger partial charge on any atom is 0.306 e. The summed E-state index contributed by atoms with van der Waals surface area (Å²) in [6.45, 7) is 3.76. The van der Waals surface area contributed by atoms with Crippen LogP contribution in [0.4, 0.5) is 5.82 Å². The van der Waals surface area contributed by atoms with E-state index in [-0.39, 0.29) is 17.7 Å². The summed E-state index contributed by atoms with van der Waals surface area (Å²) in [7, 11) is 0. The molecule has 98 valence electrons. The van der Waals surface area contributed by atoms with Crippen LogP contribution in [-0.2, 0) is 9.59 Å². The lowest BCUT2D eigenvalue weighted by Crippen LogP contribution is -2.22. The number of aryl methyl sites for hydroxylation is 1. The van der Waals surface area contributed by atoms with Crippen molar-refractivity contribution >= 4 is 17.7 Å². The number of rotatable bonds is 3. The fraction of sp³-hybridized carbons (Fsp3) is 0.583. The number of nitrogens with zero attached hydrogens (tertiary/aromatic N) is 1. The second kappa shape index (κ2) is 4.80. The molecule has 1 aromatic rings. The number of nitrogens with one attached hydrogen (secondary N) is 2. The van der Waals surface area contributed by atoms with Gasteiger partial charge in [-0.25, -0.2) is 0 Å². The second-order valence-electron chi connectivity index (χ2n) is 4.86. The number of aliphatic carboxylic acids is 1. The van der Waals surface area contributed by atoms with E-state index in [0.717, 1.165) is 11.3 Å². The summed E-state index contributed by atoms with van der Waals surface area (Å²) in [4.78, 5) is 22.8. The normalized spacial score (nSPS) is 23.0. The molecule has 1 aromatic heterocycles. The Hall–Kier alpha value is -1.85. The van der Waals surface area contributed by atoms with Crippen molar-refractivity contribution < 1.29 is 14.7 Å². The number of aromatic amines is 1. The first-order valence-corrected chi connectivity index (χ1v) is 6.04. The summed E-state index contributed by atoms with van der Waals surface area (Å²) in [6.07, 6.45) is 1.63. The molecule has 6 nitrogen and oxygen atoms in total. The van der Waals surface area contributed by atoms with Crippen molar-refractivity contribution in [2.24, 2.45) is 11.8 Å². The molecule has 2 atom stereocenters. The third-order valence-electron chi connectivity index (χ3n) is 3.65. The molecule has 1 aliphatic carbocycles. The highest BCUT2D eigenvalue weighted by molar-refractivity contribution is 5.93. The van der Waals surface area contributed by atoms with E-state index in [2.05, 4.69) is 15.5 Å². The van der Waals surface area contributed by atoms with Gasteiger partial charge >= 0.3 is 5.97 Å². The molecule has 0 spiro atoms. The fourth-order valence-corrected chi connectivity index (χ4v) is 2.27. The van der Waals surface area contributed by atoms with Gasteiger partial charge in [0.1, 0.15) is 0 Å². The van der Waals surface area contributed by atoms with Gasteiger partial charge in [-0.1, -0.05) is 0 Å². The lowest BCUT2D eigenvalue weighted by Gasteiger charge is -2.09. The number of carboxylic acid groups (broad SMARTS) is 1. The SMILES string of the molecule is Cc1[nH]nc(NC(=O)C2CCC(C(=O)O)C2)c1C. The van der Waals surface area contributed by atoms with Gasteiger partial charge in [0.2, 0.25) is 5.91 Å². The topological polar surface area (TPSA) is 95.1 Å². The van der Waals surface area contributed by atoms with Gasteiger partial charge in [0.05, 0.1) is 5.92 Å². The summed E-state index contributed by atoms with van der Waals surface area (Å²) < 4.78 is 0. The predicted molar refractivity (Wildman–Crippen MR) is 65.2 cm³/mol. The third-order valence-corrected chi connectivity index (χ3v) is 3.65. The van der Waals surface area contributed by atoms with Gasteiger partial charge in [0, 0.05) is 17.2 Å². The summed E-state index contributed by atoms with van der Waals surface area (Å²) in [6, 6.07) is 0. The Bertz CT molecular complexity index is 481. The average molecular weight is 251 g/mol. The first-order chi connectivity index (χ1) is 8.49. The van der Waals surface area contributed by atoms with Crippen LogP contribution in [0.25, 0.3) is 0 Å². The maximum absolute atomic E-state index is 12.0. The van der Waals surface area contributed by atoms with Crippen LogP contribution >= 0.6 is 0 Å². The van der Waals surface area contributed by atoms with Gasteiger partial charge in [0.15, 0.2) is 5.82 Å². The molecule has 1 fully saturated rings. The predicted octanol–water partition coefficient (Wildman–Crippen LogP) is 1.47. The first kappa shape index (κ1) is 12.6. The van der Waals surface area contributed by atoms with E-state index in [1.807, 2.05) is 13.8 Å².